The number of benzene rings is 1. The molecule has 0 bridgehead atoms. The Morgan fingerprint density at radius 3 is 2.95 bits per heavy atom. The SMILES string of the molecule is Cc1nn(C)c(Cl)c1CNCc1cc(Br)cc2c1OCC2. The molecule has 2 heterocycles. The predicted octanol–water partition coefficient (Wildman–Crippen LogP) is 3.37. The largest absolute Gasteiger partial charge is 0.493 e. The Morgan fingerprint density at radius 1 is 1.43 bits per heavy atom. The van der Waals surface area contributed by atoms with E-state index in [1.165, 1.54) is 11.1 Å². The maximum Gasteiger partial charge on any atom is 0.131 e. The minimum atomic E-state index is 0.690. The standard InChI is InChI=1S/C15H17BrClN3O/c1-9-13(15(17)20(2)19-9)8-18-7-11-6-12(16)5-10-3-4-21-14(10)11/h5-6,18H,3-4,7-8H2,1-2H3. The first-order valence-electron chi connectivity index (χ1n) is 6.89. The highest BCUT2D eigenvalue weighted by Crippen LogP contribution is 2.33. The summed E-state index contributed by atoms with van der Waals surface area (Å²) in [6, 6.07) is 4.24. The molecule has 1 aromatic heterocycles. The summed E-state index contributed by atoms with van der Waals surface area (Å²) in [5.74, 6) is 1.03. The molecular weight excluding hydrogens is 354 g/mol. The highest BCUT2D eigenvalue weighted by atomic mass is 79.9. The van der Waals surface area contributed by atoms with Crippen LogP contribution in [0.15, 0.2) is 16.6 Å². The molecule has 1 N–H and O–H groups in total. The van der Waals surface area contributed by atoms with Gasteiger partial charge in [0.1, 0.15) is 10.9 Å². The summed E-state index contributed by atoms with van der Waals surface area (Å²) in [6.45, 7) is 4.18. The second-order valence-corrected chi connectivity index (χ2v) is 6.51. The Balaban J connectivity index is 1.71. The van der Waals surface area contributed by atoms with Crippen LogP contribution in [0.4, 0.5) is 0 Å². The Bertz CT molecular complexity index is 684. The van der Waals surface area contributed by atoms with E-state index in [2.05, 4.69) is 38.5 Å². The molecule has 112 valence electrons. The van der Waals surface area contributed by atoms with Crippen molar-refractivity contribution in [1.29, 1.82) is 0 Å². The number of aromatic nitrogens is 2. The first-order valence-corrected chi connectivity index (χ1v) is 8.06. The van der Waals surface area contributed by atoms with Gasteiger partial charge in [0.05, 0.1) is 12.3 Å². The van der Waals surface area contributed by atoms with Crippen molar-refractivity contribution in [3.8, 4) is 5.75 Å². The van der Waals surface area contributed by atoms with E-state index >= 15 is 0 Å². The van der Waals surface area contributed by atoms with Crippen molar-refractivity contribution in [3.05, 3.63) is 44.1 Å². The smallest absolute Gasteiger partial charge is 0.131 e. The molecule has 0 atom stereocenters. The maximum absolute atomic E-state index is 6.24. The number of hydrogen-bond donors (Lipinski definition) is 1. The first kappa shape index (κ1) is 14.9. The van der Waals surface area contributed by atoms with Crippen molar-refractivity contribution in [2.24, 2.45) is 7.05 Å². The van der Waals surface area contributed by atoms with Gasteiger partial charge in [-0.25, -0.2) is 0 Å². The number of nitrogens with one attached hydrogen (secondary N) is 1. The molecule has 2 aromatic rings. The van der Waals surface area contributed by atoms with E-state index in [9.17, 15) is 0 Å². The average molecular weight is 371 g/mol. The van der Waals surface area contributed by atoms with E-state index in [0.717, 1.165) is 41.1 Å². The molecule has 1 aromatic carbocycles. The predicted molar refractivity (Wildman–Crippen MR) is 86.8 cm³/mol. The third-order valence-electron chi connectivity index (χ3n) is 3.71. The van der Waals surface area contributed by atoms with E-state index in [1.54, 1.807) is 4.68 Å². The van der Waals surface area contributed by atoms with Crippen molar-refractivity contribution >= 4 is 27.5 Å². The average Bonchev–Trinajstić information content (AvgIpc) is 2.98. The summed E-state index contributed by atoms with van der Waals surface area (Å²) in [5, 5.41) is 8.44. The minimum Gasteiger partial charge on any atom is -0.493 e. The van der Waals surface area contributed by atoms with E-state index < -0.39 is 0 Å². The van der Waals surface area contributed by atoms with Crippen LogP contribution in [0.5, 0.6) is 5.75 Å². The summed E-state index contributed by atoms with van der Waals surface area (Å²) in [7, 11) is 1.86. The molecule has 1 aliphatic rings. The summed E-state index contributed by atoms with van der Waals surface area (Å²) in [5.41, 5.74) is 4.46. The van der Waals surface area contributed by atoms with Gasteiger partial charge < -0.3 is 10.1 Å². The van der Waals surface area contributed by atoms with Gasteiger partial charge in [-0.15, -0.1) is 0 Å². The van der Waals surface area contributed by atoms with Gasteiger partial charge in [0.2, 0.25) is 0 Å². The molecule has 0 fully saturated rings. The second-order valence-electron chi connectivity index (χ2n) is 5.23. The lowest BCUT2D eigenvalue weighted by molar-refractivity contribution is 0.352. The van der Waals surface area contributed by atoms with Gasteiger partial charge in [-0.3, -0.25) is 4.68 Å². The van der Waals surface area contributed by atoms with Crippen LogP contribution in [-0.4, -0.2) is 16.4 Å². The Labute approximate surface area is 137 Å². The zero-order valence-corrected chi connectivity index (χ0v) is 14.4. The number of hydrogen-bond acceptors (Lipinski definition) is 3. The molecule has 0 aliphatic carbocycles. The highest BCUT2D eigenvalue weighted by Gasteiger charge is 2.17. The normalized spacial score (nSPS) is 13.3. The van der Waals surface area contributed by atoms with Gasteiger partial charge in [0, 0.05) is 42.2 Å². The van der Waals surface area contributed by atoms with Crippen LogP contribution in [0.3, 0.4) is 0 Å². The van der Waals surface area contributed by atoms with Crippen molar-refractivity contribution in [2.45, 2.75) is 26.4 Å². The van der Waals surface area contributed by atoms with Crippen LogP contribution in [-0.2, 0) is 26.6 Å². The monoisotopic (exact) mass is 369 g/mol. The zero-order valence-electron chi connectivity index (χ0n) is 12.0. The molecule has 3 rings (SSSR count). The number of ether oxygens (including phenoxy) is 1. The third kappa shape index (κ3) is 2.96. The lowest BCUT2D eigenvalue weighted by atomic mass is 10.1. The topological polar surface area (TPSA) is 39.1 Å². The van der Waals surface area contributed by atoms with Gasteiger partial charge >= 0.3 is 0 Å². The number of halogens is 2. The first-order chi connectivity index (χ1) is 10.1. The fourth-order valence-corrected chi connectivity index (χ4v) is 3.47. The molecule has 1 aliphatic heterocycles. The maximum atomic E-state index is 6.24. The summed E-state index contributed by atoms with van der Waals surface area (Å²) in [6.07, 6.45) is 0.981. The molecule has 0 amide bonds. The second kappa shape index (κ2) is 5.99. The van der Waals surface area contributed by atoms with Crippen molar-refractivity contribution < 1.29 is 4.74 Å². The Morgan fingerprint density at radius 2 is 2.24 bits per heavy atom. The third-order valence-corrected chi connectivity index (χ3v) is 4.64. The summed E-state index contributed by atoms with van der Waals surface area (Å²) in [4.78, 5) is 0. The number of nitrogens with zero attached hydrogens (tertiary/aromatic N) is 2. The van der Waals surface area contributed by atoms with Crippen LogP contribution in [0.25, 0.3) is 0 Å². The van der Waals surface area contributed by atoms with E-state index in [-0.39, 0.29) is 0 Å². The van der Waals surface area contributed by atoms with E-state index in [0.29, 0.717) is 11.7 Å². The summed E-state index contributed by atoms with van der Waals surface area (Å²) < 4.78 is 8.53. The minimum absolute atomic E-state index is 0.690. The van der Waals surface area contributed by atoms with Crippen LogP contribution in [0.2, 0.25) is 5.15 Å². The Hall–Kier alpha value is -1.04. The van der Waals surface area contributed by atoms with Gasteiger partial charge in [0.15, 0.2) is 0 Å². The van der Waals surface area contributed by atoms with Gasteiger partial charge in [-0.05, 0) is 24.6 Å². The van der Waals surface area contributed by atoms with Gasteiger partial charge in [0.25, 0.3) is 0 Å². The Kier molecular flexibility index (Phi) is 4.24. The molecule has 0 radical (unpaired) electrons. The molecule has 21 heavy (non-hydrogen) atoms. The number of rotatable bonds is 4. The quantitative estimate of drug-likeness (QED) is 0.897. The molecule has 0 saturated carbocycles. The highest BCUT2D eigenvalue weighted by molar-refractivity contribution is 9.10. The zero-order chi connectivity index (χ0) is 15.0. The van der Waals surface area contributed by atoms with Crippen LogP contribution < -0.4 is 10.1 Å². The van der Waals surface area contributed by atoms with Gasteiger partial charge in [-0.2, -0.15) is 5.10 Å². The number of fused-ring (bicyclic) bond motifs is 1. The summed E-state index contributed by atoms with van der Waals surface area (Å²) >= 11 is 9.80. The molecule has 0 saturated heterocycles. The fraction of sp³-hybridized carbons (Fsp3) is 0.400. The molecule has 6 heteroatoms. The van der Waals surface area contributed by atoms with Crippen LogP contribution in [0.1, 0.15) is 22.4 Å². The van der Waals surface area contributed by atoms with Crippen LogP contribution in [0, 0.1) is 6.92 Å². The van der Waals surface area contributed by atoms with Crippen molar-refractivity contribution in [2.75, 3.05) is 6.61 Å². The molecular formula is C15H17BrClN3O. The molecule has 0 spiro atoms. The van der Waals surface area contributed by atoms with E-state index in [1.807, 2.05) is 14.0 Å². The fourth-order valence-electron chi connectivity index (χ4n) is 2.67. The van der Waals surface area contributed by atoms with Crippen molar-refractivity contribution in [1.82, 2.24) is 15.1 Å². The lowest BCUT2D eigenvalue weighted by Gasteiger charge is -2.10. The lowest BCUT2D eigenvalue weighted by Crippen LogP contribution is -2.14. The van der Waals surface area contributed by atoms with Crippen molar-refractivity contribution in [3.63, 3.8) is 0 Å². The van der Waals surface area contributed by atoms with Crippen LogP contribution >= 0.6 is 27.5 Å². The number of aryl methyl sites for hydroxylation is 2. The van der Waals surface area contributed by atoms with E-state index in [4.69, 9.17) is 16.3 Å². The molecule has 0 unspecified atom stereocenters. The van der Waals surface area contributed by atoms with Gasteiger partial charge in [-0.1, -0.05) is 27.5 Å². The molecule has 4 nitrogen and oxygen atoms in total.